The van der Waals surface area contributed by atoms with Crippen LogP contribution < -0.4 is 0 Å². The predicted molar refractivity (Wildman–Crippen MR) is 76.3 cm³/mol. The second kappa shape index (κ2) is 4.57. The summed E-state index contributed by atoms with van der Waals surface area (Å²) in [5.41, 5.74) is 0.0687. The fourth-order valence-electron chi connectivity index (χ4n) is 4.68. The molecule has 0 spiro atoms. The molecule has 5 aliphatic carbocycles. The highest BCUT2D eigenvalue weighted by atomic mass is 16.6. The Kier molecular flexibility index (Phi) is 2.78. The zero-order valence-electron chi connectivity index (χ0n) is 12.9. The highest BCUT2D eigenvalue weighted by Crippen LogP contribution is 2.70. The largest absolute Gasteiger partial charge is 0.462 e. The molecule has 4 bridgehead atoms. The van der Waals surface area contributed by atoms with Crippen molar-refractivity contribution in [3.8, 4) is 0 Å². The maximum Gasteiger partial charge on any atom is 0.316 e. The summed E-state index contributed by atoms with van der Waals surface area (Å²) in [7, 11) is 0. The fraction of sp³-hybridized carbons (Fsp3) is 0.765. The van der Waals surface area contributed by atoms with E-state index in [1.807, 2.05) is 0 Å². The van der Waals surface area contributed by atoms with Crippen LogP contribution in [0.3, 0.4) is 0 Å². The van der Waals surface area contributed by atoms with Gasteiger partial charge in [0.05, 0.1) is 24.0 Å². The van der Waals surface area contributed by atoms with Gasteiger partial charge >= 0.3 is 11.9 Å². The van der Waals surface area contributed by atoms with E-state index in [4.69, 9.17) is 18.9 Å². The summed E-state index contributed by atoms with van der Waals surface area (Å²) < 4.78 is 21.1. The maximum atomic E-state index is 12.6. The molecular weight excluding hydrogens is 300 g/mol. The molecule has 2 heterocycles. The Morgan fingerprint density at radius 3 is 2.35 bits per heavy atom. The lowest BCUT2D eigenvalue weighted by Crippen LogP contribution is -2.61. The fourth-order valence-corrected chi connectivity index (χ4v) is 4.68. The van der Waals surface area contributed by atoms with E-state index in [0.29, 0.717) is 45.2 Å². The second-order valence-electron chi connectivity index (χ2n) is 7.62. The average molecular weight is 320 g/mol. The first-order valence-corrected chi connectivity index (χ1v) is 8.40. The summed E-state index contributed by atoms with van der Waals surface area (Å²) in [4.78, 5) is 25.3. The van der Waals surface area contributed by atoms with E-state index >= 15 is 0 Å². The quantitative estimate of drug-likeness (QED) is 0.412. The number of carbonyl (C=O) groups excluding carboxylic acids is 2. The van der Waals surface area contributed by atoms with Gasteiger partial charge in [-0.25, -0.2) is 0 Å². The molecule has 23 heavy (non-hydrogen) atoms. The highest BCUT2D eigenvalue weighted by molar-refractivity contribution is 5.88. The van der Waals surface area contributed by atoms with E-state index in [1.165, 1.54) is 5.57 Å². The number of hydrogen-bond donors (Lipinski definition) is 0. The van der Waals surface area contributed by atoms with Crippen LogP contribution in [-0.2, 0) is 28.5 Å². The molecule has 7 aliphatic rings. The van der Waals surface area contributed by atoms with Crippen molar-refractivity contribution >= 4 is 11.9 Å². The molecule has 0 amide bonds. The monoisotopic (exact) mass is 320 g/mol. The SMILES string of the molecule is O=C(OCC1CO1)C12CC=C3C(C1)CC3(C(=O)OCC1CO1)C2. The minimum Gasteiger partial charge on any atom is -0.462 e. The smallest absolute Gasteiger partial charge is 0.316 e. The summed E-state index contributed by atoms with van der Waals surface area (Å²) in [6.07, 6.45) is 5.07. The van der Waals surface area contributed by atoms with Crippen molar-refractivity contribution < 1.29 is 28.5 Å². The van der Waals surface area contributed by atoms with Gasteiger partial charge in [-0.2, -0.15) is 0 Å². The van der Waals surface area contributed by atoms with Gasteiger partial charge < -0.3 is 18.9 Å². The van der Waals surface area contributed by atoms with Crippen LogP contribution in [0.5, 0.6) is 0 Å². The van der Waals surface area contributed by atoms with Crippen LogP contribution in [0.4, 0.5) is 0 Å². The van der Waals surface area contributed by atoms with E-state index in [9.17, 15) is 9.59 Å². The van der Waals surface area contributed by atoms with Crippen LogP contribution in [0.1, 0.15) is 25.7 Å². The third-order valence-electron chi connectivity index (χ3n) is 6.01. The number of rotatable bonds is 6. The number of hydrogen-bond acceptors (Lipinski definition) is 6. The van der Waals surface area contributed by atoms with Gasteiger partial charge in [0.25, 0.3) is 0 Å². The number of carbonyl (C=O) groups is 2. The Morgan fingerprint density at radius 2 is 1.74 bits per heavy atom. The van der Waals surface area contributed by atoms with Crippen molar-refractivity contribution in [2.24, 2.45) is 16.7 Å². The Balaban J connectivity index is 1.32. The minimum absolute atomic E-state index is 0.0680. The number of allylic oxidation sites excluding steroid dienone is 1. The van der Waals surface area contributed by atoms with Gasteiger partial charge in [-0.05, 0) is 31.6 Å². The molecule has 5 atom stereocenters. The van der Waals surface area contributed by atoms with E-state index in [2.05, 4.69) is 6.08 Å². The molecule has 0 N–H and O–H groups in total. The van der Waals surface area contributed by atoms with Crippen molar-refractivity contribution in [3.63, 3.8) is 0 Å². The Labute approximate surface area is 134 Å². The van der Waals surface area contributed by atoms with Crippen LogP contribution in [0.25, 0.3) is 0 Å². The van der Waals surface area contributed by atoms with Crippen molar-refractivity contribution in [1.82, 2.24) is 0 Å². The highest BCUT2D eigenvalue weighted by Gasteiger charge is 2.68. The van der Waals surface area contributed by atoms with Gasteiger partial charge in [-0.3, -0.25) is 9.59 Å². The van der Waals surface area contributed by atoms with E-state index < -0.39 is 10.8 Å². The van der Waals surface area contributed by atoms with Gasteiger partial charge in [0.15, 0.2) is 0 Å². The van der Waals surface area contributed by atoms with Gasteiger partial charge in [-0.15, -0.1) is 0 Å². The Bertz CT molecular complexity index is 604. The lowest BCUT2D eigenvalue weighted by molar-refractivity contribution is -0.181. The molecule has 6 nitrogen and oxygen atoms in total. The van der Waals surface area contributed by atoms with Gasteiger partial charge in [0.2, 0.25) is 0 Å². The van der Waals surface area contributed by atoms with E-state index in [-0.39, 0.29) is 24.1 Å². The lowest BCUT2D eigenvalue weighted by Gasteiger charge is -2.62. The summed E-state index contributed by atoms with van der Waals surface area (Å²) in [5, 5.41) is 0. The van der Waals surface area contributed by atoms with Crippen molar-refractivity contribution in [2.45, 2.75) is 37.9 Å². The van der Waals surface area contributed by atoms with Gasteiger partial charge in [-0.1, -0.05) is 11.6 Å². The minimum atomic E-state index is -0.578. The molecule has 7 rings (SSSR count). The zero-order valence-corrected chi connectivity index (χ0v) is 12.9. The first-order chi connectivity index (χ1) is 11.1. The molecule has 0 aromatic heterocycles. The summed E-state index contributed by atoms with van der Waals surface area (Å²) in [6, 6.07) is 0. The van der Waals surface area contributed by atoms with E-state index in [1.54, 1.807) is 0 Å². The molecule has 0 radical (unpaired) electrons. The van der Waals surface area contributed by atoms with Crippen LogP contribution in [0.15, 0.2) is 11.6 Å². The molecule has 5 fully saturated rings. The molecule has 2 saturated heterocycles. The molecule has 0 aromatic rings. The molecule has 0 aromatic carbocycles. The van der Waals surface area contributed by atoms with Gasteiger partial charge in [0.1, 0.15) is 25.4 Å². The molecule has 3 saturated carbocycles. The number of ether oxygens (including phenoxy) is 4. The van der Waals surface area contributed by atoms with Crippen LogP contribution in [0.2, 0.25) is 0 Å². The Hall–Kier alpha value is -1.40. The van der Waals surface area contributed by atoms with Crippen molar-refractivity contribution in [3.05, 3.63) is 11.6 Å². The van der Waals surface area contributed by atoms with Crippen molar-refractivity contribution in [1.29, 1.82) is 0 Å². The molecular formula is C17H20O6. The van der Waals surface area contributed by atoms with Crippen LogP contribution in [0, 0.1) is 16.7 Å². The Morgan fingerprint density at radius 1 is 1.09 bits per heavy atom. The third-order valence-corrected chi connectivity index (χ3v) is 6.01. The van der Waals surface area contributed by atoms with Crippen LogP contribution >= 0.6 is 0 Å². The number of esters is 2. The first-order valence-electron chi connectivity index (χ1n) is 8.40. The van der Waals surface area contributed by atoms with Crippen LogP contribution in [-0.4, -0.2) is 50.6 Å². The predicted octanol–water partition coefficient (Wildman–Crippen LogP) is 0.987. The first kappa shape index (κ1) is 14.0. The van der Waals surface area contributed by atoms with Gasteiger partial charge in [0, 0.05) is 0 Å². The van der Waals surface area contributed by atoms with E-state index in [0.717, 1.165) is 12.8 Å². The topological polar surface area (TPSA) is 77.7 Å². The second-order valence-corrected chi connectivity index (χ2v) is 7.62. The maximum absolute atomic E-state index is 12.6. The summed E-state index contributed by atoms with van der Waals surface area (Å²) >= 11 is 0. The zero-order chi connectivity index (χ0) is 15.7. The third kappa shape index (κ3) is 2.08. The number of fused-ring (bicyclic) bond motifs is 1. The standard InChI is InChI=1S/C17H20O6/c18-14(22-7-11-5-20-11)16-2-1-13-10(3-16)4-17(13,9-16)15(19)23-8-12-6-21-12/h1,10-12H,2-9H2. The molecule has 2 aliphatic heterocycles. The lowest BCUT2D eigenvalue weighted by atomic mass is 9.40. The summed E-state index contributed by atoms with van der Waals surface area (Å²) in [5.74, 6) is -0.0139. The molecule has 5 unspecified atom stereocenters. The average Bonchev–Trinajstić information content (AvgIpc) is 3.45. The number of epoxide rings is 2. The normalized spacial score (nSPS) is 44.9. The van der Waals surface area contributed by atoms with Crippen molar-refractivity contribution in [2.75, 3.05) is 26.4 Å². The molecule has 124 valence electrons. The molecule has 6 heteroatoms. The summed E-state index contributed by atoms with van der Waals surface area (Å²) in [6.45, 7) is 2.00.